The molecule has 0 saturated heterocycles. The number of hydrogen-bond acceptors (Lipinski definition) is 5. The third-order valence-corrected chi connectivity index (χ3v) is 5.39. The van der Waals surface area contributed by atoms with Crippen LogP contribution < -0.4 is 10.5 Å². The fourth-order valence-corrected chi connectivity index (χ4v) is 3.67. The van der Waals surface area contributed by atoms with Crippen LogP contribution in [0.4, 0.5) is 0 Å². The zero-order valence-electron chi connectivity index (χ0n) is 17.9. The Labute approximate surface area is 179 Å². The lowest BCUT2D eigenvalue weighted by molar-refractivity contribution is -0.118. The number of rotatable bonds is 6. The Morgan fingerprint density at radius 2 is 1.94 bits per heavy atom. The second-order valence-corrected chi connectivity index (χ2v) is 7.65. The number of benzene rings is 2. The lowest BCUT2D eigenvalue weighted by Gasteiger charge is -2.10. The second kappa shape index (κ2) is 7.75. The van der Waals surface area contributed by atoms with Gasteiger partial charge in [-0.1, -0.05) is 12.1 Å². The van der Waals surface area contributed by atoms with E-state index in [4.69, 9.17) is 14.9 Å². The largest absolute Gasteiger partial charge is 0.496 e. The van der Waals surface area contributed by atoms with Crippen molar-refractivity contribution in [2.45, 2.75) is 27.3 Å². The maximum absolute atomic E-state index is 13.7. The van der Waals surface area contributed by atoms with Gasteiger partial charge >= 0.3 is 0 Å². The number of furan rings is 1. The minimum Gasteiger partial charge on any atom is -0.496 e. The summed E-state index contributed by atoms with van der Waals surface area (Å²) in [7, 11) is 1.59. The van der Waals surface area contributed by atoms with Crippen LogP contribution in [0.1, 0.15) is 32.6 Å². The van der Waals surface area contributed by atoms with E-state index in [2.05, 4.69) is 5.10 Å². The van der Waals surface area contributed by atoms with Crippen molar-refractivity contribution >= 4 is 22.7 Å². The Kier molecular flexibility index (Phi) is 5.10. The summed E-state index contributed by atoms with van der Waals surface area (Å²) in [6.07, 6.45) is 3.21. The van der Waals surface area contributed by atoms with Crippen LogP contribution in [0.25, 0.3) is 22.3 Å². The fourth-order valence-electron chi connectivity index (χ4n) is 3.67. The molecular formula is C24H23N3O4. The minimum atomic E-state index is -0.506. The number of aryl methyl sites for hydroxylation is 2. The van der Waals surface area contributed by atoms with E-state index < -0.39 is 5.91 Å². The van der Waals surface area contributed by atoms with Crippen LogP contribution in [-0.4, -0.2) is 28.6 Å². The highest BCUT2D eigenvalue weighted by molar-refractivity contribution is 6.19. The molecule has 2 heterocycles. The number of methoxy groups -OCH3 is 1. The number of primary amides is 1. The molecule has 2 aromatic heterocycles. The number of amides is 1. The molecule has 4 aromatic rings. The molecule has 0 bridgehead atoms. The van der Waals surface area contributed by atoms with Crippen molar-refractivity contribution in [1.29, 1.82) is 0 Å². The van der Waals surface area contributed by atoms with Gasteiger partial charge in [-0.3, -0.25) is 14.3 Å². The number of hydrogen-bond donors (Lipinski definition) is 1. The summed E-state index contributed by atoms with van der Waals surface area (Å²) < 4.78 is 13.0. The van der Waals surface area contributed by atoms with Gasteiger partial charge in [-0.05, 0) is 55.7 Å². The highest BCUT2D eigenvalue weighted by Crippen LogP contribution is 2.36. The van der Waals surface area contributed by atoms with Crippen molar-refractivity contribution in [2.75, 3.05) is 7.11 Å². The van der Waals surface area contributed by atoms with Crippen LogP contribution in [0.5, 0.6) is 5.75 Å². The Morgan fingerprint density at radius 1 is 1.16 bits per heavy atom. The number of nitrogens with two attached hydrogens (primary N) is 1. The number of aromatic nitrogens is 2. The monoisotopic (exact) mass is 417 g/mol. The maximum Gasteiger partial charge on any atom is 0.239 e. The third-order valence-electron chi connectivity index (χ3n) is 5.39. The van der Waals surface area contributed by atoms with E-state index in [9.17, 15) is 9.59 Å². The summed E-state index contributed by atoms with van der Waals surface area (Å²) >= 11 is 0. The summed E-state index contributed by atoms with van der Waals surface area (Å²) in [6, 6.07) is 9.32. The molecule has 7 nitrogen and oxygen atoms in total. The Morgan fingerprint density at radius 3 is 2.65 bits per heavy atom. The first-order valence-corrected chi connectivity index (χ1v) is 9.82. The number of ether oxygens (including phenoxy) is 1. The zero-order chi connectivity index (χ0) is 22.3. The molecule has 7 heteroatoms. The minimum absolute atomic E-state index is 0.0586. The van der Waals surface area contributed by atoms with E-state index in [1.165, 1.54) is 4.68 Å². The van der Waals surface area contributed by atoms with Gasteiger partial charge in [-0.15, -0.1) is 0 Å². The van der Waals surface area contributed by atoms with Crippen LogP contribution in [0.2, 0.25) is 0 Å². The van der Waals surface area contributed by atoms with Crippen molar-refractivity contribution in [3.63, 3.8) is 0 Å². The maximum atomic E-state index is 13.7. The molecule has 0 fully saturated rings. The average molecular weight is 417 g/mol. The average Bonchev–Trinajstić information content (AvgIpc) is 3.32. The number of fused-ring (bicyclic) bond motifs is 1. The second-order valence-electron chi connectivity index (χ2n) is 7.65. The molecule has 0 radical (unpaired) electrons. The first-order chi connectivity index (χ1) is 14.8. The molecule has 0 unspecified atom stereocenters. The van der Waals surface area contributed by atoms with Crippen LogP contribution in [0, 0.1) is 20.8 Å². The molecule has 0 aliphatic heterocycles. The molecule has 0 saturated carbocycles. The molecule has 0 aliphatic rings. The van der Waals surface area contributed by atoms with E-state index >= 15 is 0 Å². The van der Waals surface area contributed by atoms with Crippen molar-refractivity contribution in [2.24, 2.45) is 5.73 Å². The van der Waals surface area contributed by atoms with E-state index in [-0.39, 0.29) is 12.3 Å². The summed E-state index contributed by atoms with van der Waals surface area (Å²) in [5, 5.41) is 4.88. The van der Waals surface area contributed by atoms with Crippen LogP contribution in [0.3, 0.4) is 0 Å². The van der Waals surface area contributed by atoms with Crippen molar-refractivity contribution in [3.8, 4) is 17.1 Å². The molecule has 2 N–H and O–H groups in total. The van der Waals surface area contributed by atoms with Crippen LogP contribution >= 0.6 is 0 Å². The smallest absolute Gasteiger partial charge is 0.239 e. The molecule has 158 valence electrons. The summed E-state index contributed by atoms with van der Waals surface area (Å²) in [4.78, 5) is 24.9. The van der Waals surface area contributed by atoms with Crippen LogP contribution in [0.15, 0.2) is 47.1 Å². The fraction of sp³-hybridized carbons (Fsp3) is 0.208. The predicted octanol–water partition coefficient (Wildman–Crippen LogP) is 3.95. The van der Waals surface area contributed by atoms with Crippen molar-refractivity contribution in [3.05, 3.63) is 70.5 Å². The molecular weight excluding hydrogens is 394 g/mol. The lowest BCUT2D eigenvalue weighted by atomic mass is 9.95. The topological polar surface area (TPSA) is 100 Å². The molecule has 2 aromatic carbocycles. The van der Waals surface area contributed by atoms with E-state index in [1.807, 2.05) is 45.0 Å². The van der Waals surface area contributed by atoms with Crippen molar-refractivity contribution in [1.82, 2.24) is 9.78 Å². The van der Waals surface area contributed by atoms with Gasteiger partial charge in [0.15, 0.2) is 5.78 Å². The SMILES string of the molecule is COc1cc(C(=O)c2c(-c3cnn(CC(N)=O)c3)oc3cc(C)ccc23)cc(C)c1C. The predicted molar refractivity (Wildman–Crippen MR) is 117 cm³/mol. The molecule has 1 amide bonds. The van der Waals surface area contributed by atoms with Gasteiger partial charge in [0.05, 0.1) is 24.4 Å². The van der Waals surface area contributed by atoms with Gasteiger partial charge in [0.2, 0.25) is 5.91 Å². The number of nitrogens with zero attached hydrogens (tertiary/aromatic N) is 2. The lowest BCUT2D eigenvalue weighted by Crippen LogP contribution is -2.18. The molecule has 0 atom stereocenters. The first-order valence-electron chi connectivity index (χ1n) is 9.82. The summed E-state index contributed by atoms with van der Waals surface area (Å²) in [5.74, 6) is 0.372. The molecule has 31 heavy (non-hydrogen) atoms. The standard InChI is InChI=1S/C24H23N3O4/c1-13-5-6-18-20(7-13)31-24(17-10-26-27(11-17)12-21(25)28)22(18)23(29)16-8-14(2)15(3)19(9-16)30-4/h5-11H,12H2,1-4H3,(H2,25,28). The number of ketones is 1. The highest BCUT2D eigenvalue weighted by Gasteiger charge is 2.25. The summed E-state index contributed by atoms with van der Waals surface area (Å²) in [6.45, 7) is 5.80. The quantitative estimate of drug-likeness (QED) is 0.479. The zero-order valence-corrected chi connectivity index (χ0v) is 17.9. The van der Waals surface area contributed by atoms with Gasteiger partial charge in [0, 0.05) is 17.1 Å². The van der Waals surface area contributed by atoms with E-state index in [1.54, 1.807) is 25.6 Å². The molecule has 0 spiro atoms. The highest BCUT2D eigenvalue weighted by atomic mass is 16.5. The Bertz CT molecular complexity index is 1330. The van der Waals surface area contributed by atoms with Gasteiger partial charge < -0.3 is 14.9 Å². The van der Waals surface area contributed by atoms with Gasteiger partial charge in [0.25, 0.3) is 0 Å². The Hall–Kier alpha value is -3.87. The summed E-state index contributed by atoms with van der Waals surface area (Å²) in [5.41, 5.74) is 10.4. The van der Waals surface area contributed by atoms with E-state index in [0.717, 1.165) is 16.7 Å². The van der Waals surface area contributed by atoms with Crippen LogP contribution in [-0.2, 0) is 11.3 Å². The third kappa shape index (κ3) is 3.70. The first kappa shape index (κ1) is 20.4. The van der Waals surface area contributed by atoms with Gasteiger partial charge in [-0.25, -0.2) is 0 Å². The van der Waals surface area contributed by atoms with Gasteiger partial charge in [0.1, 0.15) is 23.6 Å². The van der Waals surface area contributed by atoms with E-state index in [0.29, 0.717) is 39.2 Å². The normalized spacial score (nSPS) is 11.1. The Balaban J connectivity index is 1.91. The molecule has 0 aliphatic carbocycles. The van der Waals surface area contributed by atoms with Crippen molar-refractivity contribution < 1.29 is 18.7 Å². The number of carbonyl (C=O) groups is 2. The molecule has 4 rings (SSSR count). The number of carbonyl (C=O) groups excluding carboxylic acids is 2. The van der Waals surface area contributed by atoms with Gasteiger partial charge in [-0.2, -0.15) is 5.10 Å².